The lowest BCUT2D eigenvalue weighted by molar-refractivity contribution is -0.351. The molecule has 19 heteroatoms. The molecule has 0 N–H and O–H groups in total. The highest BCUT2D eigenvalue weighted by Crippen LogP contribution is 2.37. The number of rotatable bonds is 20. The third-order valence-corrected chi connectivity index (χ3v) is 13.7. The van der Waals surface area contributed by atoms with E-state index in [1.54, 1.807) is 146 Å². The molecule has 10 atom stereocenters. The number of benzene rings is 8. The standard InChI is InChI=1S/C68H54O19/c69-59(43-25-9-1-10-26-43)77-41-51-53(81-61(71)45-29-13-3-14-30-45)55(82-62(72)46-31-15-4-16-32-46)57(84-64(74)48-35-19-6-20-36-48)67(79-51)86-54-52(42-78-60(70)44-27-11-2-12-28-44)80-68(87-66(76)50-39-23-8-24-40-50)58(85-65(75)49-37-21-7-22-38-49)56(54)83-63(73)47-33-17-5-18-34-47/h1-40,51-58,67-68H,41-42H2/t51-,52-,53-,54-,55+,56+,57-,58+,67+,68-/m1/s1. The normalized spacial score (nSPS) is 21.3. The second-order valence-corrected chi connectivity index (χ2v) is 19.6. The van der Waals surface area contributed by atoms with Crippen LogP contribution >= 0.6 is 0 Å². The Morgan fingerprint density at radius 3 is 0.770 bits per heavy atom. The second kappa shape index (κ2) is 28.8. The van der Waals surface area contributed by atoms with Gasteiger partial charge >= 0.3 is 47.8 Å². The lowest BCUT2D eigenvalue weighted by atomic mass is 9.95. The number of hydrogen-bond donors (Lipinski definition) is 0. The van der Waals surface area contributed by atoms with Gasteiger partial charge in [-0.2, -0.15) is 0 Å². The van der Waals surface area contributed by atoms with Crippen LogP contribution in [0.1, 0.15) is 82.9 Å². The van der Waals surface area contributed by atoms with Crippen LogP contribution in [-0.4, -0.2) is 122 Å². The zero-order valence-electron chi connectivity index (χ0n) is 46.0. The van der Waals surface area contributed by atoms with Crippen molar-refractivity contribution in [3.05, 3.63) is 287 Å². The lowest BCUT2D eigenvalue weighted by Crippen LogP contribution is -2.67. The molecular formula is C68H54O19. The average Bonchev–Trinajstić information content (AvgIpc) is 1.99. The molecule has 0 radical (unpaired) electrons. The van der Waals surface area contributed by atoms with Gasteiger partial charge in [0.1, 0.15) is 31.5 Å². The van der Waals surface area contributed by atoms with Crippen LogP contribution in [0.25, 0.3) is 0 Å². The zero-order chi connectivity index (χ0) is 60.5. The molecule has 87 heavy (non-hydrogen) atoms. The van der Waals surface area contributed by atoms with E-state index in [-0.39, 0.29) is 44.5 Å². The smallest absolute Gasteiger partial charge is 0.340 e. The Bertz CT molecular complexity index is 3620. The van der Waals surface area contributed by atoms with Gasteiger partial charge in [-0.05, 0) is 97.1 Å². The summed E-state index contributed by atoms with van der Waals surface area (Å²) >= 11 is 0. The highest BCUT2D eigenvalue weighted by Gasteiger charge is 2.59. The van der Waals surface area contributed by atoms with E-state index in [1.807, 2.05) is 0 Å². The summed E-state index contributed by atoms with van der Waals surface area (Å²) in [6, 6.07) is 61.7. The summed E-state index contributed by atoms with van der Waals surface area (Å²) in [7, 11) is 0. The maximum atomic E-state index is 14.7. The summed E-state index contributed by atoms with van der Waals surface area (Å²) in [5.41, 5.74) is 0.168. The molecule has 8 aromatic carbocycles. The first-order valence-electron chi connectivity index (χ1n) is 27.4. The maximum Gasteiger partial charge on any atom is 0.340 e. The molecule has 0 bridgehead atoms. The van der Waals surface area contributed by atoms with E-state index in [0.29, 0.717) is 0 Å². The van der Waals surface area contributed by atoms with Crippen molar-refractivity contribution in [3.63, 3.8) is 0 Å². The zero-order valence-corrected chi connectivity index (χ0v) is 46.0. The molecule has 2 aliphatic heterocycles. The molecule has 440 valence electrons. The molecule has 2 aliphatic rings. The van der Waals surface area contributed by atoms with E-state index in [0.717, 1.165) is 0 Å². The van der Waals surface area contributed by atoms with Crippen LogP contribution in [0, 0.1) is 0 Å². The SMILES string of the molecule is O=C(OC[C@H]1O[C@H](OC(=O)c2ccccc2)[C@@H](OC(=O)c2ccccc2)[C@@H](OC(=O)c2ccccc2)[C@@H]1O[C@@H]1O[C@H](COC(=O)c2ccccc2)[C@@H](OC(=O)c2ccccc2)[C@H](OC(=O)c2ccccc2)[C@H]1OC(=O)c1ccccc1)c1ccccc1. The van der Waals surface area contributed by atoms with Gasteiger partial charge in [-0.15, -0.1) is 0 Å². The number of esters is 8. The van der Waals surface area contributed by atoms with E-state index in [9.17, 15) is 38.4 Å². The first-order valence-corrected chi connectivity index (χ1v) is 27.4. The van der Waals surface area contributed by atoms with Crippen LogP contribution in [0.3, 0.4) is 0 Å². The van der Waals surface area contributed by atoms with Crippen LogP contribution in [0.15, 0.2) is 243 Å². The molecule has 8 aromatic rings. The van der Waals surface area contributed by atoms with Gasteiger partial charge in [-0.3, -0.25) is 0 Å². The van der Waals surface area contributed by atoms with Gasteiger partial charge in [-0.25, -0.2) is 38.4 Å². The minimum Gasteiger partial charge on any atom is -0.459 e. The van der Waals surface area contributed by atoms with E-state index in [1.165, 1.54) is 97.1 Å². The first-order chi connectivity index (χ1) is 42.5. The molecule has 0 spiro atoms. The van der Waals surface area contributed by atoms with Crippen molar-refractivity contribution in [2.75, 3.05) is 13.2 Å². The molecule has 19 nitrogen and oxygen atoms in total. The molecule has 2 saturated heterocycles. The summed E-state index contributed by atoms with van der Waals surface area (Å²) in [6.07, 6.45) is -19.4. The number of hydrogen-bond acceptors (Lipinski definition) is 19. The highest BCUT2D eigenvalue weighted by atomic mass is 16.8. The van der Waals surface area contributed by atoms with Crippen molar-refractivity contribution in [3.8, 4) is 0 Å². The maximum absolute atomic E-state index is 14.7. The third kappa shape index (κ3) is 15.2. The molecule has 2 fully saturated rings. The number of ether oxygens (including phenoxy) is 11. The molecule has 2 heterocycles. The van der Waals surface area contributed by atoms with Crippen LogP contribution in [0.5, 0.6) is 0 Å². The largest absolute Gasteiger partial charge is 0.459 e. The van der Waals surface area contributed by atoms with E-state index < -0.39 is 122 Å². The van der Waals surface area contributed by atoms with Crippen molar-refractivity contribution >= 4 is 47.8 Å². The van der Waals surface area contributed by atoms with Crippen LogP contribution < -0.4 is 0 Å². The average molecular weight is 1180 g/mol. The van der Waals surface area contributed by atoms with Crippen LogP contribution in [0.4, 0.5) is 0 Å². The Balaban J connectivity index is 1.14. The highest BCUT2D eigenvalue weighted by molar-refractivity contribution is 5.93. The first kappa shape index (κ1) is 59.6. The monoisotopic (exact) mass is 1170 g/mol. The Morgan fingerprint density at radius 1 is 0.241 bits per heavy atom. The predicted octanol–water partition coefficient (Wildman–Crippen LogP) is 9.52. The van der Waals surface area contributed by atoms with Gasteiger partial charge in [0, 0.05) is 0 Å². The molecule has 0 unspecified atom stereocenters. The Kier molecular flexibility index (Phi) is 19.7. The van der Waals surface area contributed by atoms with Gasteiger partial charge in [0.15, 0.2) is 30.7 Å². The van der Waals surface area contributed by atoms with Gasteiger partial charge in [-0.1, -0.05) is 146 Å². The van der Waals surface area contributed by atoms with Gasteiger partial charge < -0.3 is 52.1 Å². The Labute approximate surface area is 498 Å². The van der Waals surface area contributed by atoms with Gasteiger partial charge in [0.2, 0.25) is 12.4 Å². The number of carbonyl (C=O) groups excluding carboxylic acids is 8. The van der Waals surface area contributed by atoms with Crippen molar-refractivity contribution in [2.24, 2.45) is 0 Å². The van der Waals surface area contributed by atoms with Crippen molar-refractivity contribution in [1.29, 1.82) is 0 Å². The third-order valence-electron chi connectivity index (χ3n) is 13.7. The summed E-state index contributed by atoms with van der Waals surface area (Å²) < 4.78 is 69.7. The van der Waals surface area contributed by atoms with Gasteiger partial charge in [0.05, 0.1) is 44.5 Å². The van der Waals surface area contributed by atoms with Crippen LogP contribution in [0.2, 0.25) is 0 Å². The van der Waals surface area contributed by atoms with E-state index in [4.69, 9.17) is 52.1 Å². The van der Waals surface area contributed by atoms with Crippen molar-refractivity contribution < 1.29 is 90.5 Å². The topological polar surface area (TPSA) is 238 Å². The molecule has 0 saturated carbocycles. The lowest BCUT2D eigenvalue weighted by Gasteiger charge is -2.48. The van der Waals surface area contributed by atoms with E-state index in [2.05, 4.69) is 0 Å². The van der Waals surface area contributed by atoms with Crippen LogP contribution in [-0.2, 0) is 52.1 Å². The molecule has 10 rings (SSSR count). The number of carbonyl (C=O) groups is 8. The van der Waals surface area contributed by atoms with Crippen molar-refractivity contribution in [1.82, 2.24) is 0 Å². The summed E-state index contributed by atoms with van der Waals surface area (Å²) in [4.78, 5) is 115. The Hall–Kier alpha value is -10.6. The fraction of sp³-hybridized carbons (Fsp3) is 0.176. The van der Waals surface area contributed by atoms with Crippen molar-refractivity contribution in [2.45, 2.75) is 61.4 Å². The molecule has 0 aliphatic carbocycles. The summed E-state index contributed by atoms with van der Waals surface area (Å²) in [5, 5.41) is 0. The fourth-order valence-corrected chi connectivity index (χ4v) is 9.42. The molecule has 0 amide bonds. The quantitative estimate of drug-likeness (QED) is 0.0510. The van der Waals surface area contributed by atoms with E-state index >= 15 is 0 Å². The summed E-state index contributed by atoms with van der Waals surface area (Å²) in [5.74, 6) is -7.88. The second-order valence-electron chi connectivity index (χ2n) is 19.6. The predicted molar refractivity (Wildman–Crippen MR) is 306 cm³/mol. The molecular weight excluding hydrogens is 1120 g/mol. The minimum atomic E-state index is -2.13. The molecule has 0 aromatic heterocycles. The summed E-state index contributed by atoms with van der Waals surface area (Å²) in [6.45, 7) is -1.58. The Morgan fingerprint density at radius 2 is 0.460 bits per heavy atom. The van der Waals surface area contributed by atoms with Gasteiger partial charge in [0.25, 0.3) is 0 Å². The minimum absolute atomic E-state index is 0.00860. The fourth-order valence-electron chi connectivity index (χ4n) is 9.42.